The summed E-state index contributed by atoms with van der Waals surface area (Å²) in [5.41, 5.74) is 1.32. The van der Waals surface area contributed by atoms with Crippen LogP contribution in [0.1, 0.15) is 33.6 Å². The van der Waals surface area contributed by atoms with Crippen LogP contribution in [0.4, 0.5) is 0 Å². The molecule has 23 heavy (non-hydrogen) atoms. The summed E-state index contributed by atoms with van der Waals surface area (Å²) >= 11 is 0. The van der Waals surface area contributed by atoms with Gasteiger partial charge in [-0.3, -0.25) is 4.79 Å². The van der Waals surface area contributed by atoms with E-state index >= 15 is 0 Å². The maximum Gasteiger partial charge on any atom is 0.186 e. The largest absolute Gasteiger partial charge is 0.394 e. The summed E-state index contributed by atoms with van der Waals surface area (Å²) in [6.45, 7) is 5.27. The Morgan fingerprint density at radius 3 is 2.43 bits per heavy atom. The minimum atomic E-state index is -1.45. The number of carbonyl (C=O) groups excluding carboxylic acids is 1. The third kappa shape index (κ3) is 3.65. The summed E-state index contributed by atoms with van der Waals surface area (Å²) in [5, 5.41) is 38.8. The highest BCUT2D eigenvalue weighted by molar-refractivity contribution is 5.77. The first kappa shape index (κ1) is 18.5. The molecule has 6 atom stereocenters. The third-order valence-corrected chi connectivity index (χ3v) is 4.75. The van der Waals surface area contributed by atoms with Crippen molar-refractivity contribution < 1.29 is 34.7 Å². The predicted molar refractivity (Wildman–Crippen MR) is 80.4 cm³/mol. The summed E-state index contributed by atoms with van der Waals surface area (Å²) in [4.78, 5) is 11.2. The highest BCUT2D eigenvalue weighted by Crippen LogP contribution is 2.41. The Balaban J connectivity index is 2.10. The lowest BCUT2D eigenvalue weighted by Crippen LogP contribution is -2.59. The Morgan fingerprint density at radius 2 is 1.91 bits per heavy atom. The van der Waals surface area contributed by atoms with Crippen LogP contribution in [-0.4, -0.2) is 70.1 Å². The van der Waals surface area contributed by atoms with Crippen LogP contribution < -0.4 is 0 Å². The molecule has 2 rings (SSSR count). The molecule has 1 aliphatic carbocycles. The molecule has 1 fully saturated rings. The number of hydrogen-bond acceptors (Lipinski definition) is 7. The molecule has 0 bridgehead atoms. The maximum atomic E-state index is 11.2. The number of hydrogen-bond donors (Lipinski definition) is 4. The second-order valence-corrected chi connectivity index (χ2v) is 7.06. The quantitative estimate of drug-likeness (QED) is 0.514. The molecule has 1 saturated heterocycles. The zero-order chi connectivity index (χ0) is 17.4. The van der Waals surface area contributed by atoms with Crippen molar-refractivity contribution in [3.05, 3.63) is 11.1 Å². The number of aliphatic hydroxyl groups is 4. The van der Waals surface area contributed by atoms with Crippen molar-refractivity contribution in [3.8, 4) is 0 Å². The number of ether oxygens (including phenoxy) is 2. The van der Waals surface area contributed by atoms with Crippen molar-refractivity contribution in [3.63, 3.8) is 0 Å². The SMILES string of the molecule is CC1=C(C=O)C(C)(C)C[C@H](O[C@@H]2O[C@H](CO)[C@H](O)[C@H](O)[C@H]2O)C1. The van der Waals surface area contributed by atoms with Gasteiger partial charge in [-0.25, -0.2) is 0 Å². The van der Waals surface area contributed by atoms with Gasteiger partial charge >= 0.3 is 0 Å². The number of allylic oxidation sites excluding steroid dienone is 1. The van der Waals surface area contributed by atoms with Crippen molar-refractivity contribution in [2.45, 2.75) is 70.4 Å². The van der Waals surface area contributed by atoms with Gasteiger partial charge in [0.1, 0.15) is 30.7 Å². The highest BCUT2D eigenvalue weighted by Gasteiger charge is 2.45. The maximum absolute atomic E-state index is 11.2. The fourth-order valence-corrected chi connectivity index (χ4v) is 3.51. The van der Waals surface area contributed by atoms with Gasteiger partial charge in [0.2, 0.25) is 0 Å². The van der Waals surface area contributed by atoms with E-state index in [2.05, 4.69) is 0 Å². The van der Waals surface area contributed by atoms with E-state index in [-0.39, 0.29) is 11.5 Å². The van der Waals surface area contributed by atoms with Gasteiger partial charge in [0.05, 0.1) is 12.7 Å². The van der Waals surface area contributed by atoms with Crippen LogP contribution in [0.2, 0.25) is 0 Å². The van der Waals surface area contributed by atoms with Gasteiger partial charge in [-0.2, -0.15) is 0 Å². The minimum absolute atomic E-state index is 0.296. The van der Waals surface area contributed by atoms with Gasteiger partial charge in [0.15, 0.2) is 6.29 Å². The second-order valence-electron chi connectivity index (χ2n) is 7.06. The fourth-order valence-electron chi connectivity index (χ4n) is 3.51. The van der Waals surface area contributed by atoms with Gasteiger partial charge < -0.3 is 29.9 Å². The lowest BCUT2D eigenvalue weighted by Gasteiger charge is -2.43. The molecule has 1 heterocycles. The van der Waals surface area contributed by atoms with Gasteiger partial charge in [0, 0.05) is 0 Å². The van der Waals surface area contributed by atoms with Crippen LogP contribution in [-0.2, 0) is 14.3 Å². The second kappa shape index (κ2) is 6.96. The normalized spacial score (nSPS) is 41.0. The molecule has 4 N–H and O–H groups in total. The van der Waals surface area contributed by atoms with Crippen LogP contribution >= 0.6 is 0 Å². The standard InChI is InChI=1S/C16H26O7/c1-8-4-9(5-16(2,3)10(8)6-17)22-15-14(21)13(20)12(19)11(7-18)23-15/h6,9,11-15,18-21H,4-5,7H2,1-3H3/t9-,11-,12+,13+,14-,15-/m1/s1. The van der Waals surface area contributed by atoms with E-state index in [1.54, 1.807) is 0 Å². The van der Waals surface area contributed by atoms with E-state index in [4.69, 9.17) is 9.47 Å². The number of rotatable bonds is 4. The summed E-state index contributed by atoms with van der Waals surface area (Å²) in [7, 11) is 0. The topological polar surface area (TPSA) is 116 Å². The Morgan fingerprint density at radius 1 is 1.26 bits per heavy atom. The molecule has 7 heteroatoms. The van der Waals surface area contributed by atoms with Gasteiger partial charge in [0.25, 0.3) is 0 Å². The lowest BCUT2D eigenvalue weighted by molar-refractivity contribution is -0.312. The molecule has 2 aliphatic rings. The van der Waals surface area contributed by atoms with Gasteiger partial charge in [-0.15, -0.1) is 0 Å². The van der Waals surface area contributed by atoms with Crippen molar-refractivity contribution >= 4 is 6.29 Å². The first-order chi connectivity index (χ1) is 10.7. The van der Waals surface area contributed by atoms with E-state index in [0.29, 0.717) is 12.8 Å². The van der Waals surface area contributed by atoms with Gasteiger partial charge in [-0.05, 0) is 30.8 Å². The monoisotopic (exact) mass is 330 g/mol. The van der Waals surface area contributed by atoms with Crippen LogP contribution in [0.3, 0.4) is 0 Å². The van der Waals surface area contributed by atoms with Crippen molar-refractivity contribution in [2.75, 3.05) is 6.61 Å². The molecule has 132 valence electrons. The first-order valence-corrected chi connectivity index (χ1v) is 7.82. The number of aliphatic hydroxyl groups excluding tert-OH is 4. The van der Waals surface area contributed by atoms with Crippen LogP contribution in [0.5, 0.6) is 0 Å². The molecule has 7 nitrogen and oxygen atoms in total. The molecule has 1 aliphatic heterocycles. The fraction of sp³-hybridized carbons (Fsp3) is 0.812. The molecule has 0 aromatic heterocycles. The Kier molecular flexibility index (Phi) is 5.60. The summed E-state index contributed by atoms with van der Waals surface area (Å²) in [6, 6.07) is 0. The molecule has 0 unspecified atom stereocenters. The molecular weight excluding hydrogens is 304 g/mol. The minimum Gasteiger partial charge on any atom is -0.394 e. The van der Waals surface area contributed by atoms with Crippen molar-refractivity contribution in [2.24, 2.45) is 5.41 Å². The number of aldehydes is 1. The molecule has 0 aromatic carbocycles. The highest BCUT2D eigenvalue weighted by atomic mass is 16.7. The summed E-state index contributed by atoms with van der Waals surface area (Å²) in [5.74, 6) is 0. The van der Waals surface area contributed by atoms with E-state index in [9.17, 15) is 25.2 Å². The molecule has 0 amide bonds. The molecular formula is C16H26O7. The molecule has 0 saturated carbocycles. The Bertz CT molecular complexity index is 471. The molecule has 0 radical (unpaired) electrons. The molecule has 0 aromatic rings. The Labute approximate surface area is 135 Å². The van der Waals surface area contributed by atoms with Gasteiger partial charge in [-0.1, -0.05) is 19.4 Å². The van der Waals surface area contributed by atoms with Crippen LogP contribution in [0.15, 0.2) is 11.1 Å². The smallest absolute Gasteiger partial charge is 0.186 e. The lowest BCUT2D eigenvalue weighted by atomic mass is 9.72. The third-order valence-electron chi connectivity index (χ3n) is 4.75. The van der Waals surface area contributed by atoms with E-state index < -0.39 is 37.3 Å². The average Bonchev–Trinajstić information content (AvgIpc) is 2.46. The number of carbonyl (C=O) groups is 1. The van der Waals surface area contributed by atoms with Crippen molar-refractivity contribution in [1.82, 2.24) is 0 Å². The summed E-state index contributed by atoms with van der Waals surface area (Å²) < 4.78 is 11.2. The molecule has 0 spiro atoms. The zero-order valence-corrected chi connectivity index (χ0v) is 13.7. The van der Waals surface area contributed by atoms with E-state index in [1.807, 2.05) is 20.8 Å². The van der Waals surface area contributed by atoms with Crippen LogP contribution in [0, 0.1) is 5.41 Å². The first-order valence-electron chi connectivity index (χ1n) is 7.82. The van der Waals surface area contributed by atoms with E-state index in [0.717, 1.165) is 17.4 Å². The van der Waals surface area contributed by atoms with Crippen molar-refractivity contribution in [1.29, 1.82) is 0 Å². The zero-order valence-electron chi connectivity index (χ0n) is 13.7. The average molecular weight is 330 g/mol. The van der Waals surface area contributed by atoms with E-state index in [1.165, 1.54) is 0 Å². The van der Waals surface area contributed by atoms with Crippen LogP contribution in [0.25, 0.3) is 0 Å². The Hall–Kier alpha value is -0.830. The summed E-state index contributed by atoms with van der Waals surface area (Å²) in [6.07, 6.45) is -4.73. The predicted octanol–water partition coefficient (Wildman–Crippen LogP) is -0.493.